The Morgan fingerprint density at radius 3 is 2.67 bits per heavy atom. The molecule has 2 N–H and O–H groups in total. The zero-order chi connectivity index (χ0) is 7.28. The molecule has 0 aliphatic carbocycles. The van der Waals surface area contributed by atoms with E-state index in [9.17, 15) is 4.79 Å². The number of esters is 1. The van der Waals surface area contributed by atoms with Gasteiger partial charge in [0, 0.05) is 0 Å². The molecule has 0 rings (SSSR count). The molecule has 0 spiro atoms. The number of carbonyl (C=O) groups is 1. The third-order valence-corrected chi connectivity index (χ3v) is 0.852. The van der Waals surface area contributed by atoms with Gasteiger partial charge in [0.1, 0.15) is 0 Å². The number of hydrogen-bond acceptors (Lipinski definition) is 3. The molecule has 0 fully saturated rings. The number of hydrogen-bond donors (Lipinski definition) is 1. The van der Waals surface area contributed by atoms with Crippen molar-refractivity contribution in [2.45, 2.75) is 6.04 Å². The molecule has 0 aromatic rings. The van der Waals surface area contributed by atoms with Gasteiger partial charge in [0.05, 0.1) is 13.7 Å². The molecule has 50 valence electrons. The molecule has 0 heterocycles. The molecule has 0 aromatic carbocycles. The summed E-state index contributed by atoms with van der Waals surface area (Å²) in [5, 5.41) is 0. The van der Waals surface area contributed by atoms with Gasteiger partial charge in [-0.3, -0.25) is 4.85 Å². The first-order valence-corrected chi connectivity index (χ1v) is 2.40. The molecule has 0 saturated heterocycles. The Balaban J connectivity index is 3.84. The Kier molecular flexibility index (Phi) is 3.40. The minimum atomic E-state index is -0.824. The van der Waals surface area contributed by atoms with Crippen molar-refractivity contribution in [1.82, 2.24) is 0 Å². The van der Waals surface area contributed by atoms with Crippen molar-refractivity contribution in [3.63, 3.8) is 0 Å². The van der Waals surface area contributed by atoms with E-state index in [-0.39, 0.29) is 6.54 Å². The summed E-state index contributed by atoms with van der Waals surface area (Å²) < 4.78 is 4.26. The molecule has 4 heteroatoms. The van der Waals surface area contributed by atoms with Gasteiger partial charge >= 0.3 is 12.0 Å². The van der Waals surface area contributed by atoms with E-state index in [2.05, 4.69) is 9.58 Å². The predicted octanol–water partition coefficient (Wildman–Crippen LogP) is -0.594. The molecular formula is C5H8N2O2. The van der Waals surface area contributed by atoms with Crippen molar-refractivity contribution in [3.05, 3.63) is 11.4 Å². The molecule has 4 nitrogen and oxygen atoms in total. The normalized spacial score (nSPS) is 11.7. The van der Waals surface area contributed by atoms with E-state index in [1.807, 2.05) is 0 Å². The average molecular weight is 128 g/mol. The average Bonchev–Trinajstić information content (AvgIpc) is 1.90. The van der Waals surface area contributed by atoms with E-state index in [1.54, 1.807) is 0 Å². The maximum absolute atomic E-state index is 10.5. The number of ether oxygens (including phenoxy) is 1. The minimum Gasteiger partial charge on any atom is -0.463 e. The first-order chi connectivity index (χ1) is 4.26. The van der Waals surface area contributed by atoms with Crippen molar-refractivity contribution in [3.8, 4) is 0 Å². The summed E-state index contributed by atoms with van der Waals surface area (Å²) in [7, 11) is 1.23. The summed E-state index contributed by atoms with van der Waals surface area (Å²) in [6.45, 7) is 6.46. The van der Waals surface area contributed by atoms with E-state index in [0.717, 1.165) is 0 Å². The summed E-state index contributed by atoms with van der Waals surface area (Å²) in [5.74, 6) is -0.562. The fourth-order valence-electron chi connectivity index (χ4n) is 0.338. The molecule has 0 aromatic heterocycles. The van der Waals surface area contributed by atoms with Gasteiger partial charge in [-0.1, -0.05) is 0 Å². The van der Waals surface area contributed by atoms with E-state index in [4.69, 9.17) is 12.3 Å². The van der Waals surface area contributed by atoms with Crippen molar-refractivity contribution in [2.24, 2.45) is 5.73 Å². The fourth-order valence-corrected chi connectivity index (χ4v) is 0.338. The van der Waals surface area contributed by atoms with Crippen LogP contribution in [-0.4, -0.2) is 25.7 Å². The van der Waals surface area contributed by atoms with E-state index < -0.39 is 12.0 Å². The Bertz CT molecular complexity index is 138. The van der Waals surface area contributed by atoms with Crippen LogP contribution in [0.15, 0.2) is 0 Å². The van der Waals surface area contributed by atoms with Crippen LogP contribution in [0.3, 0.4) is 0 Å². The highest BCUT2D eigenvalue weighted by Gasteiger charge is 2.20. The first kappa shape index (κ1) is 7.92. The smallest absolute Gasteiger partial charge is 0.391 e. The van der Waals surface area contributed by atoms with Crippen molar-refractivity contribution in [1.29, 1.82) is 0 Å². The van der Waals surface area contributed by atoms with E-state index in [1.165, 1.54) is 7.11 Å². The summed E-state index contributed by atoms with van der Waals surface area (Å²) in [4.78, 5) is 13.4. The highest BCUT2D eigenvalue weighted by molar-refractivity contribution is 5.77. The Labute approximate surface area is 53.4 Å². The molecule has 1 unspecified atom stereocenters. The SMILES string of the molecule is [C-]#[N+]C(CN)C(=O)OC. The number of rotatable bonds is 2. The van der Waals surface area contributed by atoms with Crippen LogP contribution < -0.4 is 5.73 Å². The highest BCUT2D eigenvalue weighted by Crippen LogP contribution is 1.89. The standard InChI is InChI=1S/C5H8N2O2/c1-7-4(3-6)5(8)9-2/h4H,3,6H2,2H3. The molecule has 0 saturated carbocycles. The van der Waals surface area contributed by atoms with Gasteiger partial charge in [-0.25, -0.2) is 11.4 Å². The third-order valence-electron chi connectivity index (χ3n) is 0.852. The number of methoxy groups -OCH3 is 1. The summed E-state index contributed by atoms with van der Waals surface area (Å²) in [6.07, 6.45) is 0. The summed E-state index contributed by atoms with van der Waals surface area (Å²) >= 11 is 0. The van der Waals surface area contributed by atoms with Crippen molar-refractivity contribution >= 4 is 5.97 Å². The second-order valence-electron chi connectivity index (χ2n) is 1.40. The predicted molar refractivity (Wildman–Crippen MR) is 31.5 cm³/mol. The summed E-state index contributed by atoms with van der Waals surface area (Å²) in [5.41, 5.74) is 5.05. The summed E-state index contributed by atoms with van der Waals surface area (Å²) in [6, 6.07) is -0.824. The van der Waals surface area contributed by atoms with Crippen LogP contribution in [-0.2, 0) is 9.53 Å². The van der Waals surface area contributed by atoms with Gasteiger partial charge in [-0.2, -0.15) is 0 Å². The molecule has 0 aliphatic heterocycles. The fraction of sp³-hybridized carbons (Fsp3) is 0.600. The first-order valence-electron chi connectivity index (χ1n) is 2.40. The zero-order valence-corrected chi connectivity index (χ0v) is 5.13. The van der Waals surface area contributed by atoms with Gasteiger partial charge in [-0.15, -0.1) is 0 Å². The van der Waals surface area contributed by atoms with Crippen LogP contribution in [0.5, 0.6) is 0 Å². The van der Waals surface area contributed by atoms with Crippen molar-refractivity contribution in [2.75, 3.05) is 13.7 Å². The molecular weight excluding hydrogens is 120 g/mol. The lowest BCUT2D eigenvalue weighted by atomic mass is 10.3. The molecule has 0 radical (unpaired) electrons. The number of carbonyl (C=O) groups excluding carboxylic acids is 1. The largest absolute Gasteiger partial charge is 0.463 e. The molecule has 0 amide bonds. The van der Waals surface area contributed by atoms with Crippen LogP contribution in [0.1, 0.15) is 0 Å². The van der Waals surface area contributed by atoms with Crippen molar-refractivity contribution < 1.29 is 9.53 Å². The second kappa shape index (κ2) is 3.87. The van der Waals surface area contributed by atoms with Gasteiger partial charge in [0.25, 0.3) is 0 Å². The Morgan fingerprint density at radius 1 is 2.00 bits per heavy atom. The third kappa shape index (κ3) is 2.11. The van der Waals surface area contributed by atoms with Crippen LogP contribution in [0.25, 0.3) is 4.85 Å². The van der Waals surface area contributed by atoms with E-state index >= 15 is 0 Å². The highest BCUT2D eigenvalue weighted by atomic mass is 16.5. The molecule has 9 heavy (non-hydrogen) atoms. The molecule has 0 aliphatic rings. The van der Waals surface area contributed by atoms with Crippen LogP contribution in [0.4, 0.5) is 0 Å². The van der Waals surface area contributed by atoms with Crippen LogP contribution >= 0.6 is 0 Å². The number of nitrogens with zero attached hydrogens (tertiary/aromatic N) is 1. The van der Waals surface area contributed by atoms with Gasteiger partial charge in [0.2, 0.25) is 0 Å². The van der Waals surface area contributed by atoms with Crippen LogP contribution in [0.2, 0.25) is 0 Å². The van der Waals surface area contributed by atoms with Crippen LogP contribution in [0, 0.1) is 6.57 Å². The molecule has 0 bridgehead atoms. The lowest BCUT2D eigenvalue weighted by Crippen LogP contribution is -2.27. The van der Waals surface area contributed by atoms with Gasteiger partial charge < -0.3 is 10.5 Å². The van der Waals surface area contributed by atoms with Gasteiger partial charge in [0.15, 0.2) is 0 Å². The Hall–Kier alpha value is -1.08. The molecule has 1 atom stereocenters. The second-order valence-corrected chi connectivity index (χ2v) is 1.40. The Morgan fingerprint density at radius 2 is 2.56 bits per heavy atom. The lowest BCUT2D eigenvalue weighted by Gasteiger charge is -1.97. The quantitative estimate of drug-likeness (QED) is 0.399. The monoisotopic (exact) mass is 128 g/mol. The zero-order valence-electron chi connectivity index (χ0n) is 5.13. The lowest BCUT2D eigenvalue weighted by molar-refractivity contribution is -0.140. The van der Waals surface area contributed by atoms with E-state index in [0.29, 0.717) is 0 Å². The van der Waals surface area contributed by atoms with Gasteiger partial charge in [-0.05, 0) is 0 Å². The number of nitrogens with two attached hydrogens (primary N) is 1. The minimum absolute atomic E-state index is 0.0240. The topological polar surface area (TPSA) is 56.7 Å². The maximum atomic E-state index is 10.5. The maximum Gasteiger partial charge on any atom is 0.391 e.